The maximum atomic E-state index is 10.8. The highest BCUT2D eigenvalue weighted by molar-refractivity contribution is 7.98. The van der Waals surface area contributed by atoms with Gasteiger partial charge in [-0.3, -0.25) is 4.79 Å². The highest BCUT2D eigenvalue weighted by Gasteiger charge is 2.14. The van der Waals surface area contributed by atoms with Crippen molar-refractivity contribution in [1.29, 1.82) is 0 Å². The SMILES string of the molecule is CSCCC(NCCCCN)C(=O)O. The zero-order valence-electron chi connectivity index (χ0n) is 8.66. The third-order valence-corrected chi connectivity index (χ3v) is 2.57. The lowest BCUT2D eigenvalue weighted by Gasteiger charge is -2.13. The van der Waals surface area contributed by atoms with Gasteiger partial charge in [-0.25, -0.2) is 0 Å². The molecule has 4 N–H and O–H groups in total. The van der Waals surface area contributed by atoms with E-state index in [2.05, 4.69) is 5.32 Å². The van der Waals surface area contributed by atoms with Crippen LogP contribution in [0.5, 0.6) is 0 Å². The first-order chi connectivity index (χ1) is 6.72. The largest absolute Gasteiger partial charge is 0.480 e. The quantitative estimate of drug-likeness (QED) is 0.494. The van der Waals surface area contributed by atoms with Gasteiger partial charge in [-0.05, 0) is 44.4 Å². The minimum atomic E-state index is -0.758. The number of aliphatic carboxylic acids is 1. The number of hydrogen-bond acceptors (Lipinski definition) is 4. The molecule has 14 heavy (non-hydrogen) atoms. The monoisotopic (exact) mass is 220 g/mol. The van der Waals surface area contributed by atoms with Crippen molar-refractivity contribution in [2.75, 3.05) is 25.1 Å². The van der Waals surface area contributed by atoms with Gasteiger partial charge >= 0.3 is 5.97 Å². The van der Waals surface area contributed by atoms with Crippen LogP contribution in [0, 0.1) is 0 Å². The Balaban J connectivity index is 3.57. The molecule has 0 aromatic heterocycles. The third-order valence-electron chi connectivity index (χ3n) is 1.93. The minimum Gasteiger partial charge on any atom is -0.480 e. The fourth-order valence-electron chi connectivity index (χ4n) is 1.09. The average Bonchev–Trinajstić information content (AvgIpc) is 2.16. The molecule has 0 aliphatic rings. The minimum absolute atomic E-state index is 0.403. The number of hydrogen-bond donors (Lipinski definition) is 3. The van der Waals surface area contributed by atoms with E-state index in [1.54, 1.807) is 11.8 Å². The van der Waals surface area contributed by atoms with E-state index in [0.29, 0.717) is 13.0 Å². The van der Waals surface area contributed by atoms with Crippen molar-refractivity contribution in [3.63, 3.8) is 0 Å². The van der Waals surface area contributed by atoms with Crippen LogP contribution in [0.3, 0.4) is 0 Å². The summed E-state index contributed by atoms with van der Waals surface area (Å²) in [6.45, 7) is 1.41. The summed E-state index contributed by atoms with van der Waals surface area (Å²) < 4.78 is 0. The Kier molecular flexibility index (Phi) is 9.13. The third kappa shape index (κ3) is 7.17. The lowest BCUT2D eigenvalue weighted by Crippen LogP contribution is -2.37. The second-order valence-electron chi connectivity index (χ2n) is 3.12. The summed E-state index contributed by atoms with van der Waals surface area (Å²) in [6, 6.07) is -0.403. The number of carboxylic acid groups (broad SMARTS) is 1. The van der Waals surface area contributed by atoms with Crippen molar-refractivity contribution >= 4 is 17.7 Å². The van der Waals surface area contributed by atoms with Crippen molar-refractivity contribution in [3.8, 4) is 0 Å². The highest BCUT2D eigenvalue weighted by Crippen LogP contribution is 2.01. The molecule has 0 saturated heterocycles. The highest BCUT2D eigenvalue weighted by atomic mass is 32.2. The van der Waals surface area contributed by atoms with Crippen LogP contribution in [0.4, 0.5) is 0 Å². The summed E-state index contributed by atoms with van der Waals surface area (Å²) in [4.78, 5) is 10.8. The van der Waals surface area contributed by atoms with Crippen LogP contribution in [0.15, 0.2) is 0 Å². The van der Waals surface area contributed by atoms with Crippen molar-refractivity contribution < 1.29 is 9.90 Å². The Bertz CT molecular complexity index is 156. The first-order valence-electron chi connectivity index (χ1n) is 4.87. The summed E-state index contributed by atoms with van der Waals surface area (Å²) >= 11 is 1.67. The van der Waals surface area contributed by atoms with Gasteiger partial charge in [0.15, 0.2) is 0 Å². The van der Waals surface area contributed by atoms with Crippen molar-refractivity contribution in [2.45, 2.75) is 25.3 Å². The lowest BCUT2D eigenvalue weighted by atomic mass is 10.2. The fourth-order valence-corrected chi connectivity index (χ4v) is 1.57. The maximum Gasteiger partial charge on any atom is 0.320 e. The number of unbranched alkanes of at least 4 members (excludes halogenated alkanes) is 1. The average molecular weight is 220 g/mol. The molecule has 1 atom stereocenters. The van der Waals surface area contributed by atoms with Gasteiger partial charge < -0.3 is 16.2 Å². The normalized spacial score (nSPS) is 12.7. The number of carbonyl (C=O) groups is 1. The molecule has 0 radical (unpaired) electrons. The van der Waals surface area contributed by atoms with Crippen molar-refractivity contribution in [3.05, 3.63) is 0 Å². The second kappa shape index (κ2) is 9.30. The molecule has 0 amide bonds. The van der Waals surface area contributed by atoms with E-state index in [-0.39, 0.29) is 0 Å². The Morgan fingerprint density at radius 1 is 1.57 bits per heavy atom. The van der Waals surface area contributed by atoms with E-state index in [9.17, 15) is 4.79 Å². The number of carboxylic acids is 1. The molecule has 1 unspecified atom stereocenters. The predicted molar refractivity (Wildman–Crippen MR) is 60.7 cm³/mol. The molecule has 4 nitrogen and oxygen atoms in total. The van der Waals surface area contributed by atoms with Gasteiger partial charge in [-0.2, -0.15) is 11.8 Å². The summed E-state index contributed by atoms with van der Waals surface area (Å²) in [5.74, 6) is 0.118. The Hall–Kier alpha value is -0.260. The van der Waals surface area contributed by atoms with Crippen LogP contribution in [0.2, 0.25) is 0 Å². The number of thioether (sulfide) groups is 1. The molecule has 0 saturated carbocycles. The van der Waals surface area contributed by atoms with E-state index in [0.717, 1.165) is 25.1 Å². The van der Waals surface area contributed by atoms with Crippen LogP contribution in [0.25, 0.3) is 0 Å². The van der Waals surface area contributed by atoms with Crippen LogP contribution in [-0.2, 0) is 4.79 Å². The number of nitrogens with two attached hydrogens (primary N) is 1. The van der Waals surface area contributed by atoms with Gasteiger partial charge in [0.05, 0.1) is 0 Å². The molecule has 84 valence electrons. The molecule has 0 rings (SSSR count). The summed E-state index contributed by atoms with van der Waals surface area (Å²) in [5.41, 5.74) is 5.34. The van der Waals surface area contributed by atoms with Gasteiger partial charge in [-0.15, -0.1) is 0 Å². The van der Waals surface area contributed by atoms with Crippen molar-refractivity contribution in [2.24, 2.45) is 5.73 Å². The first kappa shape index (κ1) is 13.7. The van der Waals surface area contributed by atoms with Crippen LogP contribution in [-0.4, -0.2) is 42.2 Å². The summed E-state index contributed by atoms with van der Waals surface area (Å²) in [7, 11) is 0. The molecular formula is C9H20N2O2S. The van der Waals surface area contributed by atoms with Crippen LogP contribution >= 0.6 is 11.8 Å². The molecule has 0 aromatic carbocycles. The summed E-state index contributed by atoms with van der Waals surface area (Å²) in [5, 5.41) is 11.9. The molecule has 0 aliphatic heterocycles. The van der Waals surface area contributed by atoms with E-state index < -0.39 is 12.0 Å². The molecule has 0 spiro atoms. The standard InChI is InChI=1S/C9H20N2O2S/c1-14-7-4-8(9(12)13)11-6-3-2-5-10/h8,11H,2-7,10H2,1H3,(H,12,13). The van der Waals surface area contributed by atoms with Crippen molar-refractivity contribution in [1.82, 2.24) is 5.32 Å². The zero-order valence-corrected chi connectivity index (χ0v) is 9.48. The molecule has 0 aromatic rings. The molecule has 5 heteroatoms. The maximum absolute atomic E-state index is 10.8. The van der Waals surface area contributed by atoms with Gasteiger partial charge in [0.1, 0.15) is 6.04 Å². The lowest BCUT2D eigenvalue weighted by molar-refractivity contribution is -0.139. The van der Waals surface area contributed by atoms with Gasteiger partial charge in [-0.1, -0.05) is 0 Å². The van der Waals surface area contributed by atoms with Gasteiger partial charge in [0, 0.05) is 0 Å². The second-order valence-corrected chi connectivity index (χ2v) is 4.11. The number of rotatable bonds is 9. The topological polar surface area (TPSA) is 75.3 Å². The predicted octanol–water partition coefficient (Wildman–Crippen LogP) is 0.521. The Labute approximate surface area is 89.6 Å². The van der Waals surface area contributed by atoms with E-state index in [1.807, 2.05) is 6.26 Å². The van der Waals surface area contributed by atoms with E-state index in [1.165, 1.54) is 0 Å². The van der Waals surface area contributed by atoms with Crippen LogP contribution in [0.1, 0.15) is 19.3 Å². The summed E-state index contributed by atoms with van der Waals surface area (Å²) in [6.07, 6.45) is 4.55. The van der Waals surface area contributed by atoms with Crippen LogP contribution < -0.4 is 11.1 Å². The molecule has 0 bridgehead atoms. The zero-order chi connectivity index (χ0) is 10.8. The fraction of sp³-hybridized carbons (Fsp3) is 0.889. The Morgan fingerprint density at radius 3 is 2.79 bits per heavy atom. The first-order valence-corrected chi connectivity index (χ1v) is 6.27. The number of nitrogens with one attached hydrogen (secondary N) is 1. The Morgan fingerprint density at radius 2 is 2.29 bits per heavy atom. The van der Waals surface area contributed by atoms with Gasteiger partial charge in [0.2, 0.25) is 0 Å². The molecule has 0 heterocycles. The van der Waals surface area contributed by atoms with E-state index >= 15 is 0 Å². The molecule has 0 fully saturated rings. The molecular weight excluding hydrogens is 200 g/mol. The van der Waals surface area contributed by atoms with Gasteiger partial charge in [0.25, 0.3) is 0 Å². The van der Waals surface area contributed by atoms with E-state index in [4.69, 9.17) is 10.8 Å². The smallest absolute Gasteiger partial charge is 0.320 e. The molecule has 0 aliphatic carbocycles.